The second-order valence-electron chi connectivity index (χ2n) is 5.66. The van der Waals surface area contributed by atoms with E-state index in [0.717, 1.165) is 11.3 Å². The summed E-state index contributed by atoms with van der Waals surface area (Å²) in [5, 5.41) is 0. The van der Waals surface area contributed by atoms with Crippen molar-refractivity contribution in [2.45, 2.75) is 0 Å². The Bertz CT molecular complexity index is 884. The van der Waals surface area contributed by atoms with Gasteiger partial charge in [0.25, 0.3) is 0 Å². The zero-order valence-corrected chi connectivity index (χ0v) is 12.7. The van der Waals surface area contributed by atoms with Gasteiger partial charge in [-0.2, -0.15) is 0 Å². The number of nitrogens with two attached hydrogens (primary N) is 1. The fourth-order valence-electron chi connectivity index (χ4n) is 3.14. The molecule has 0 bridgehead atoms. The number of nitrogen functional groups attached to an aromatic ring is 1. The molecule has 0 spiro atoms. The Morgan fingerprint density at radius 3 is 1.74 bits per heavy atom. The Morgan fingerprint density at radius 1 is 0.609 bits per heavy atom. The maximum atomic E-state index is 6.00. The van der Waals surface area contributed by atoms with Crippen LogP contribution in [0, 0.1) is 0 Å². The normalized spacial score (nSPS) is 12.3. The van der Waals surface area contributed by atoms with Crippen LogP contribution in [-0.2, 0) is 0 Å². The van der Waals surface area contributed by atoms with Crippen molar-refractivity contribution in [3.8, 4) is 11.1 Å². The van der Waals surface area contributed by atoms with Crippen molar-refractivity contribution in [1.29, 1.82) is 0 Å². The van der Waals surface area contributed by atoms with Gasteiger partial charge >= 0.3 is 0 Å². The first-order chi connectivity index (χ1) is 11.3. The summed E-state index contributed by atoms with van der Waals surface area (Å²) in [5.74, 6) is 0. The number of benzene rings is 3. The molecule has 110 valence electrons. The molecule has 4 rings (SSSR count). The Morgan fingerprint density at radius 2 is 1.13 bits per heavy atom. The van der Waals surface area contributed by atoms with Gasteiger partial charge in [0.15, 0.2) is 0 Å². The number of allylic oxidation sites excluding steroid dienone is 2. The third-order valence-corrected chi connectivity index (χ3v) is 4.26. The van der Waals surface area contributed by atoms with Crippen molar-refractivity contribution in [1.82, 2.24) is 0 Å². The summed E-state index contributed by atoms with van der Waals surface area (Å²) in [6.07, 6.45) is 6.32. The molecule has 23 heavy (non-hydrogen) atoms. The number of rotatable bonds is 2. The lowest BCUT2D eigenvalue weighted by Gasteiger charge is -2.01. The van der Waals surface area contributed by atoms with Gasteiger partial charge in [-0.15, -0.1) is 0 Å². The molecule has 0 amide bonds. The van der Waals surface area contributed by atoms with Gasteiger partial charge < -0.3 is 5.73 Å². The number of anilines is 1. The minimum atomic E-state index is 0.800. The molecule has 1 aliphatic rings. The van der Waals surface area contributed by atoms with E-state index >= 15 is 0 Å². The minimum absolute atomic E-state index is 0.800. The highest BCUT2D eigenvalue weighted by Crippen LogP contribution is 2.43. The first-order valence-electron chi connectivity index (χ1n) is 7.76. The van der Waals surface area contributed by atoms with Crippen molar-refractivity contribution < 1.29 is 0 Å². The van der Waals surface area contributed by atoms with Gasteiger partial charge in [-0.05, 0) is 39.5 Å². The molecule has 3 aromatic carbocycles. The van der Waals surface area contributed by atoms with Gasteiger partial charge in [0.2, 0.25) is 0 Å². The van der Waals surface area contributed by atoms with E-state index in [4.69, 9.17) is 5.73 Å². The zero-order chi connectivity index (χ0) is 15.6. The van der Waals surface area contributed by atoms with E-state index in [-0.39, 0.29) is 0 Å². The van der Waals surface area contributed by atoms with Crippen LogP contribution in [-0.4, -0.2) is 0 Å². The van der Waals surface area contributed by atoms with Crippen LogP contribution in [0.4, 0.5) is 5.69 Å². The van der Waals surface area contributed by atoms with Crippen LogP contribution < -0.4 is 5.73 Å². The monoisotopic (exact) mass is 295 g/mol. The topological polar surface area (TPSA) is 26.0 Å². The van der Waals surface area contributed by atoms with E-state index < -0.39 is 0 Å². The highest BCUT2D eigenvalue weighted by Gasteiger charge is 2.21. The third kappa shape index (κ3) is 2.36. The molecule has 0 saturated heterocycles. The number of hydrogen-bond donors (Lipinski definition) is 1. The maximum Gasteiger partial charge on any atom is 0.0387 e. The number of hydrogen-bond acceptors (Lipinski definition) is 1. The summed E-state index contributed by atoms with van der Waals surface area (Å²) in [6, 6.07) is 25.0. The van der Waals surface area contributed by atoms with E-state index in [2.05, 4.69) is 66.8 Å². The van der Waals surface area contributed by atoms with Gasteiger partial charge in [0, 0.05) is 5.69 Å². The minimum Gasteiger partial charge on any atom is -0.398 e. The molecule has 1 heteroatoms. The predicted molar refractivity (Wildman–Crippen MR) is 98.8 cm³/mol. The second-order valence-corrected chi connectivity index (χ2v) is 5.66. The van der Waals surface area contributed by atoms with Crippen molar-refractivity contribution >= 4 is 17.3 Å². The van der Waals surface area contributed by atoms with Crippen LogP contribution in [0.3, 0.4) is 0 Å². The Labute approximate surface area is 136 Å². The SMILES string of the molecule is Nc1ccccc1C=CC=C1c2ccccc2-c2ccccc21. The van der Waals surface area contributed by atoms with E-state index in [1.54, 1.807) is 0 Å². The van der Waals surface area contributed by atoms with Crippen LogP contribution in [0.1, 0.15) is 16.7 Å². The lowest BCUT2D eigenvalue weighted by atomic mass is 10.0. The van der Waals surface area contributed by atoms with E-state index in [9.17, 15) is 0 Å². The van der Waals surface area contributed by atoms with E-state index in [1.807, 2.05) is 24.3 Å². The average molecular weight is 295 g/mol. The molecule has 0 atom stereocenters. The van der Waals surface area contributed by atoms with Gasteiger partial charge in [0.1, 0.15) is 0 Å². The molecule has 0 unspecified atom stereocenters. The lowest BCUT2D eigenvalue weighted by molar-refractivity contribution is 1.63. The summed E-state index contributed by atoms with van der Waals surface area (Å²) < 4.78 is 0. The standard InChI is InChI=1S/C22H17N/c23-22-15-6-1-8-16(22)9-7-14-21-19-12-4-2-10-17(19)18-11-3-5-13-20(18)21/h1-15H,23H2. The number of para-hydroxylation sites is 1. The summed E-state index contributed by atoms with van der Waals surface area (Å²) >= 11 is 0. The zero-order valence-electron chi connectivity index (χ0n) is 12.7. The van der Waals surface area contributed by atoms with Crippen molar-refractivity contribution in [2.24, 2.45) is 0 Å². The molecule has 0 fully saturated rings. The summed E-state index contributed by atoms with van der Waals surface area (Å²) in [5.41, 5.74) is 14.3. The highest BCUT2D eigenvalue weighted by molar-refractivity contribution is 6.01. The molecule has 3 aromatic rings. The molecule has 0 radical (unpaired) electrons. The molecule has 0 aliphatic heterocycles. The predicted octanol–water partition coefficient (Wildman–Crippen LogP) is 5.39. The van der Waals surface area contributed by atoms with Crippen molar-refractivity contribution in [2.75, 3.05) is 5.73 Å². The fraction of sp³-hybridized carbons (Fsp3) is 0. The average Bonchev–Trinajstić information content (AvgIpc) is 2.91. The van der Waals surface area contributed by atoms with E-state index in [0.29, 0.717) is 0 Å². The molecule has 1 nitrogen and oxygen atoms in total. The quantitative estimate of drug-likeness (QED) is 0.493. The fourth-order valence-corrected chi connectivity index (χ4v) is 3.14. The summed E-state index contributed by atoms with van der Waals surface area (Å²) in [7, 11) is 0. The van der Waals surface area contributed by atoms with Crippen LogP contribution in [0.15, 0.2) is 84.9 Å². The first-order valence-corrected chi connectivity index (χ1v) is 7.76. The highest BCUT2D eigenvalue weighted by atomic mass is 14.5. The van der Waals surface area contributed by atoms with Gasteiger partial charge in [-0.25, -0.2) is 0 Å². The molecular weight excluding hydrogens is 278 g/mol. The molecule has 0 saturated carbocycles. The van der Waals surface area contributed by atoms with Gasteiger partial charge in [-0.3, -0.25) is 0 Å². The third-order valence-electron chi connectivity index (χ3n) is 4.26. The smallest absolute Gasteiger partial charge is 0.0387 e. The first kappa shape index (κ1) is 13.6. The van der Waals surface area contributed by atoms with Crippen molar-refractivity contribution in [3.63, 3.8) is 0 Å². The Kier molecular flexibility index (Phi) is 3.32. The lowest BCUT2D eigenvalue weighted by Crippen LogP contribution is -1.87. The molecule has 0 heterocycles. The van der Waals surface area contributed by atoms with E-state index in [1.165, 1.54) is 27.8 Å². The molecule has 1 aliphatic carbocycles. The van der Waals surface area contributed by atoms with Gasteiger partial charge in [0.05, 0.1) is 0 Å². The van der Waals surface area contributed by atoms with Crippen LogP contribution in [0.25, 0.3) is 22.8 Å². The van der Waals surface area contributed by atoms with Crippen LogP contribution >= 0.6 is 0 Å². The molecule has 2 N–H and O–H groups in total. The largest absolute Gasteiger partial charge is 0.398 e. The van der Waals surface area contributed by atoms with Crippen LogP contribution in [0.5, 0.6) is 0 Å². The molecular formula is C22H17N. The van der Waals surface area contributed by atoms with Gasteiger partial charge in [-0.1, -0.05) is 85.0 Å². The summed E-state index contributed by atoms with van der Waals surface area (Å²) in [4.78, 5) is 0. The summed E-state index contributed by atoms with van der Waals surface area (Å²) in [6.45, 7) is 0. The van der Waals surface area contributed by atoms with Crippen molar-refractivity contribution in [3.05, 3.63) is 102 Å². The number of fused-ring (bicyclic) bond motifs is 3. The Balaban J connectivity index is 1.78. The molecule has 0 aromatic heterocycles. The Hall–Kier alpha value is -3.06. The second kappa shape index (κ2) is 5.62. The maximum absolute atomic E-state index is 6.00. The van der Waals surface area contributed by atoms with Crippen LogP contribution in [0.2, 0.25) is 0 Å².